The van der Waals surface area contributed by atoms with Crippen LogP contribution in [0.5, 0.6) is 0 Å². The highest BCUT2D eigenvalue weighted by Crippen LogP contribution is 2.02. The van der Waals surface area contributed by atoms with E-state index in [9.17, 15) is 4.79 Å². The minimum atomic E-state index is -0.193. The predicted octanol–water partition coefficient (Wildman–Crippen LogP) is 0.978. The molecular weight excluding hydrogens is 242 g/mol. The molecule has 1 aromatic rings. The lowest BCUT2D eigenvalue weighted by Crippen LogP contribution is -2.39. The van der Waals surface area contributed by atoms with Crippen molar-refractivity contribution < 1.29 is 4.79 Å². The number of nitrogens with zero attached hydrogens (tertiary/aromatic N) is 3. The molecule has 0 aliphatic rings. The van der Waals surface area contributed by atoms with Crippen LogP contribution in [-0.4, -0.2) is 54.0 Å². The maximum Gasteiger partial charge on any atom is 0.271 e. The van der Waals surface area contributed by atoms with Crippen LogP contribution in [0, 0.1) is 0 Å². The third kappa shape index (κ3) is 5.65. The van der Waals surface area contributed by atoms with Crippen LogP contribution >= 0.6 is 0 Å². The molecule has 0 saturated heterocycles. The normalized spacial score (nSPS) is 12.3. The highest BCUT2D eigenvalue weighted by molar-refractivity contribution is 5.92. The Morgan fingerprint density at radius 1 is 1.42 bits per heavy atom. The highest BCUT2D eigenvalue weighted by atomic mass is 16.1. The van der Waals surface area contributed by atoms with Crippen molar-refractivity contribution in [1.29, 1.82) is 0 Å². The second-order valence-corrected chi connectivity index (χ2v) is 4.85. The summed E-state index contributed by atoms with van der Waals surface area (Å²) in [6, 6.07) is 0.0663. The van der Waals surface area contributed by atoms with Crippen molar-refractivity contribution in [3.05, 3.63) is 18.1 Å². The Balaban J connectivity index is 2.61. The molecule has 0 spiro atoms. The second kappa shape index (κ2) is 7.68. The Bertz CT molecular complexity index is 408. The first-order chi connectivity index (χ1) is 9.02. The van der Waals surface area contributed by atoms with Gasteiger partial charge in [0.15, 0.2) is 0 Å². The highest BCUT2D eigenvalue weighted by Gasteiger charge is 2.12. The Kier molecular flexibility index (Phi) is 6.21. The van der Waals surface area contributed by atoms with E-state index in [1.807, 2.05) is 25.9 Å². The molecule has 0 bridgehead atoms. The molecule has 0 radical (unpaired) electrons. The fourth-order valence-corrected chi connectivity index (χ4v) is 1.70. The number of nitrogens with one attached hydrogen (secondary N) is 2. The van der Waals surface area contributed by atoms with Crippen molar-refractivity contribution in [1.82, 2.24) is 20.2 Å². The molecule has 1 atom stereocenters. The molecule has 6 nitrogen and oxygen atoms in total. The summed E-state index contributed by atoms with van der Waals surface area (Å²) in [6.45, 7) is 5.63. The van der Waals surface area contributed by atoms with Crippen LogP contribution in [0.15, 0.2) is 12.4 Å². The van der Waals surface area contributed by atoms with Crippen molar-refractivity contribution in [2.45, 2.75) is 26.3 Å². The third-order valence-corrected chi connectivity index (χ3v) is 2.44. The molecule has 1 heterocycles. The van der Waals surface area contributed by atoms with Gasteiger partial charge in [-0.15, -0.1) is 0 Å². The summed E-state index contributed by atoms with van der Waals surface area (Å²) in [5.74, 6) is 0.441. The summed E-state index contributed by atoms with van der Waals surface area (Å²) in [4.78, 5) is 22.3. The van der Waals surface area contributed by atoms with Gasteiger partial charge < -0.3 is 15.5 Å². The van der Waals surface area contributed by atoms with Crippen LogP contribution in [0.3, 0.4) is 0 Å². The number of hydrogen-bond acceptors (Lipinski definition) is 5. The first kappa shape index (κ1) is 15.4. The number of amides is 1. The number of likely N-dealkylation sites (N-methyl/N-ethyl adjacent to an activating group) is 1. The van der Waals surface area contributed by atoms with Gasteiger partial charge in [0, 0.05) is 19.1 Å². The SMILES string of the molecule is CCCNc1cncc(C(=O)NC(C)CN(C)C)n1. The summed E-state index contributed by atoms with van der Waals surface area (Å²) >= 11 is 0. The topological polar surface area (TPSA) is 70.2 Å². The Labute approximate surface area is 114 Å². The van der Waals surface area contributed by atoms with Crippen molar-refractivity contribution in [2.75, 3.05) is 32.5 Å². The molecule has 0 fully saturated rings. The molecule has 0 aliphatic heterocycles. The Morgan fingerprint density at radius 3 is 2.79 bits per heavy atom. The van der Waals surface area contributed by atoms with Gasteiger partial charge in [0.2, 0.25) is 0 Å². The largest absolute Gasteiger partial charge is 0.369 e. The number of rotatable bonds is 7. The lowest BCUT2D eigenvalue weighted by molar-refractivity contribution is 0.0929. The van der Waals surface area contributed by atoms with Gasteiger partial charge in [0.05, 0.1) is 12.4 Å². The van der Waals surface area contributed by atoms with Gasteiger partial charge in [0.1, 0.15) is 11.5 Å². The zero-order valence-corrected chi connectivity index (χ0v) is 12.1. The molecule has 1 rings (SSSR count). The maximum absolute atomic E-state index is 12.0. The van der Waals surface area contributed by atoms with E-state index >= 15 is 0 Å². The number of aromatic nitrogens is 2. The van der Waals surface area contributed by atoms with Crippen LogP contribution in [0.2, 0.25) is 0 Å². The molecule has 1 unspecified atom stereocenters. The fraction of sp³-hybridized carbons (Fsp3) is 0.615. The lowest BCUT2D eigenvalue weighted by Gasteiger charge is -2.18. The smallest absolute Gasteiger partial charge is 0.271 e. The number of anilines is 1. The zero-order chi connectivity index (χ0) is 14.3. The van der Waals surface area contributed by atoms with Gasteiger partial charge in [-0.25, -0.2) is 4.98 Å². The van der Waals surface area contributed by atoms with Crippen LogP contribution in [-0.2, 0) is 0 Å². The summed E-state index contributed by atoms with van der Waals surface area (Å²) in [7, 11) is 3.94. The van der Waals surface area contributed by atoms with Crippen LogP contribution < -0.4 is 10.6 Å². The van der Waals surface area contributed by atoms with Crippen molar-refractivity contribution in [3.8, 4) is 0 Å². The average molecular weight is 265 g/mol. The molecule has 2 N–H and O–H groups in total. The van der Waals surface area contributed by atoms with Crippen LogP contribution in [0.25, 0.3) is 0 Å². The molecule has 6 heteroatoms. The third-order valence-electron chi connectivity index (χ3n) is 2.44. The maximum atomic E-state index is 12.0. The van der Waals surface area contributed by atoms with Gasteiger partial charge in [-0.05, 0) is 27.4 Å². The van der Waals surface area contributed by atoms with Crippen molar-refractivity contribution in [3.63, 3.8) is 0 Å². The van der Waals surface area contributed by atoms with E-state index < -0.39 is 0 Å². The summed E-state index contributed by atoms with van der Waals surface area (Å²) < 4.78 is 0. The van der Waals surface area contributed by atoms with Gasteiger partial charge in [-0.1, -0.05) is 6.92 Å². The van der Waals surface area contributed by atoms with Crippen LogP contribution in [0.1, 0.15) is 30.8 Å². The standard InChI is InChI=1S/C13H23N5O/c1-5-6-15-12-8-14-7-11(17-12)13(19)16-10(2)9-18(3)4/h7-8,10H,5-6,9H2,1-4H3,(H,15,17)(H,16,19). The molecule has 0 aliphatic carbocycles. The van der Waals surface area contributed by atoms with Gasteiger partial charge in [-0.3, -0.25) is 9.78 Å². The molecule has 106 valence electrons. The van der Waals surface area contributed by atoms with E-state index in [2.05, 4.69) is 27.5 Å². The minimum Gasteiger partial charge on any atom is -0.369 e. The first-order valence-corrected chi connectivity index (χ1v) is 6.54. The molecule has 19 heavy (non-hydrogen) atoms. The zero-order valence-electron chi connectivity index (χ0n) is 12.1. The van der Waals surface area contributed by atoms with E-state index in [0.29, 0.717) is 11.5 Å². The van der Waals surface area contributed by atoms with Gasteiger partial charge >= 0.3 is 0 Å². The molecule has 1 aromatic heterocycles. The first-order valence-electron chi connectivity index (χ1n) is 6.54. The minimum absolute atomic E-state index is 0.0663. The fourth-order valence-electron chi connectivity index (χ4n) is 1.70. The Hall–Kier alpha value is -1.69. The lowest BCUT2D eigenvalue weighted by atomic mass is 10.3. The molecular formula is C13H23N5O. The summed E-state index contributed by atoms with van der Waals surface area (Å²) in [6.07, 6.45) is 4.10. The number of carbonyl (C=O) groups excluding carboxylic acids is 1. The van der Waals surface area contributed by atoms with E-state index in [0.717, 1.165) is 19.5 Å². The van der Waals surface area contributed by atoms with Gasteiger partial charge in [0.25, 0.3) is 5.91 Å². The monoisotopic (exact) mass is 265 g/mol. The molecule has 1 amide bonds. The van der Waals surface area contributed by atoms with E-state index in [1.165, 1.54) is 6.20 Å². The van der Waals surface area contributed by atoms with Gasteiger partial charge in [-0.2, -0.15) is 0 Å². The summed E-state index contributed by atoms with van der Waals surface area (Å²) in [5, 5.41) is 6.01. The summed E-state index contributed by atoms with van der Waals surface area (Å²) in [5.41, 5.74) is 0.340. The molecule has 0 aromatic carbocycles. The van der Waals surface area contributed by atoms with E-state index in [1.54, 1.807) is 6.20 Å². The number of carbonyl (C=O) groups is 1. The van der Waals surface area contributed by atoms with E-state index in [4.69, 9.17) is 0 Å². The van der Waals surface area contributed by atoms with Crippen molar-refractivity contribution >= 4 is 11.7 Å². The Morgan fingerprint density at radius 2 is 2.16 bits per heavy atom. The van der Waals surface area contributed by atoms with E-state index in [-0.39, 0.29) is 11.9 Å². The second-order valence-electron chi connectivity index (χ2n) is 4.85. The molecule has 0 saturated carbocycles. The average Bonchev–Trinajstić information content (AvgIpc) is 2.35. The van der Waals surface area contributed by atoms with Crippen molar-refractivity contribution in [2.24, 2.45) is 0 Å². The van der Waals surface area contributed by atoms with Crippen LogP contribution in [0.4, 0.5) is 5.82 Å². The quantitative estimate of drug-likeness (QED) is 0.769. The predicted molar refractivity (Wildman–Crippen MR) is 76.3 cm³/mol. The number of hydrogen-bond donors (Lipinski definition) is 2.